The lowest BCUT2D eigenvalue weighted by Gasteiger charge is -2.05. The maximum absolute atomic E-state index is 10.7. The SMILES string of the molecule is O=C(Cl)CCCc1ccc(-c2ccc(Cl)c(Cl)c2)cc1. The molecule has 2 aromatic rings. The largest absolute Gasteiger partial charge is 0.281 e. The van der Waals surface area contributed by atoms with Crippen molar-refractivity contribution in [3.63, 3.8) is 0 Å². The molecule has 4 heteroatoms. The summed E-state index contributed by atoms with van der Waals surface area (Å²) < 4.78 is 0. The molecule has 0 atom stereocenters. The summed E-state index contributed by atoms with van der Waals surface area (Å²) in [6, 6.07) is 13.8. The van der Waals surface area contributed by atoms with Crippen LogP contribution in [0.3, 0.4) is 0 Å². The highest BCUT2D eigenvalue weighted by Crippen LogP contribution is 2.28. The van der Waals surface area contributed by atoms with Crippen molar-refractivity contribution in [2.75, 3.05) is 0 Å². The van der Waals surface area contributed by atoms with Crippen molar-refractivity contribution < 1.29 is 4.79 Å². The molecule has 0 aliphatic heterocycles. The molecule has 0 saturated carbocycles. The molecule has 0 saturated heterocycles. The van der Waals surface area contributed by atoms with E-state index in [9.17, 15) is 4.79 Å². The van der Waals surface area contributed by atoms with Crippen molar-refractivity contribution >= 4 is 40.0 Å². The Balaban J connectivity index is 2.07. The highest BCUT2D eigenvalue weighted by atomic mass is 35.5. The minimum Gasteiger partial charge on any atom is -0.281 e. The third-order valence-electron chi connectivity index (χ3n) is 3.05. The summed E-state index contributed by atoms with van der Waals surface area (Å²) in [6.07, 6.45) is 2.03. The molecule has 20 heavy (non-hydrogen) atoms. The fourth-order valence-electron chi connectivity index (χ4n) is 1.97. The third kappa shape index (κ3) is 4.24. The third-order valence-corrected chi connectivity index (χ3v) is 3.97. The van der Waals surface area contributed by atoms with Crippen LogP contribution in [0.1, 0.15) is 18.4 Å². The van der Waals surface area contributed by atoms with Gasteiger partial charge in [0.2, 0.25) is 5.24 Å². The van der Waals surface area contributed by atoms with Gasteiger partial charge in [0.05, 0.1) is 10.0 Å². The highest BCUT2D eigenvalue weighted by molar-refractivity contribution is 6.63. The van der Waals surface area contributed by atoms with Crippen LogP contribution in [0, 0.1) is 0 Å². The Morgan fingerprint density at radius 3 is 2.15 bits per heavy atom. The number of benzene rings is 2. The number of carbonyl (C=O) groups is 1. The molecule has 0 heterocycles. The molecule has 0 radical (unpaired) electrons. The summed E-state index contributed by atoms with van der Waals surface area (Å²) in [5, 5.41) is 0.823. The Labute approximate surface area is 133 Å². The molecular weight excluding hydrogens is 315 g/mol. The lowest BCUT2D eigenvalue weighted by molar-refractivity contribution is -0.111. The molecule has 2 aromatic carbocycles. The molecule has 0 fully saturated rings. The Morgan fingerprint density at radius 1 is 0.900 bits per heavy atom. The van der Waals surface area contributed by atoms with Crippen LogP contribution in [0.2, 0.25) is 10.0 Å². The molecule has 104 valence electrons. The fraction of sp³-hybridized carbons (Fsp3) is 0.188. The second kappa shape index (κ2) is 7.12. The van der Waals surface area contributed by atoms with E-state index in [4.69, 9.17) is 34.8 Å². The number of rotatable bonds is 5. The topological polar surface area (TPSA) is 17.1 Å². The fourth-order valence-corrected chi connectivity index (χ4v) is 2.40. The van der Waals surface area contributed by atoms with Crippen LogP contribution in [0.5, 0.6) is 0 Å². The molecule has 0 N–H and O–H groups in total. The zero-order valence-corrected chi connectivity index (χ0v) is 13.0. The first-order valence-corrected chi connectivity index (χ1v) is 7.42. The van der Waals surface area contributed by atoms with Gasteiger partial charge in [-0.1, -0.05) is 53.5 Å². The van der Waals surface area contributed by atoms with E-state index in [0.717, 1.165) is 24.0 Å². The Kier molecular flexibility index (Phi) is 5.47. The second-order valence-electron chi connectivity index (χ2n) is 4.53. The van der Waals surface area contributed by atoms with Gasteiger partial charge in [0.25, 0.3) is 0 Å². The average molecular weight is 328 g/mol. The molecule has 0 unspecified atom stereocenters. The van der Waals surface area contributed by atoms with Gasteiger partial charge in [0.1, 0.15) is 0 Å². The van der Waals surface area contributed by atoms with E-state index in [1.807, 2.05) is 24.3 Å². The van der Waals surface area contributed by atoms with Gasteiger partial charge in [-0.2, -0.15) is 0 Å². The standard InChI is InChI=1S/C16H13Cl3O/c17-14-9-8-13(10-15(14)18)12-6-4-11(5-7-12)2-1-3-16(19)20/h4-10H,1-3H2. The predicted molar refractivity (Wildman–Crippen MR) is 85.7 cm³/mol. The molecule has 2 rings (SSSR count). The number of halogens is 3. The Morgan fingerprint density at radius 2 is 1.55 bits per heavy atom. The van der Waals surface area contributed by atoms with E-state index in [1.165, 1.54) is 5.56 Å². The molecular formula is C16H13Cl3O. The van der Waals surface area contributed by atoms with E-state index in [0.29, 0.717) is 16.5 Å². The minimum absolute atomic E-state index is 0.280. The van der Waals surface area contributed by atoms with Gasteiger partial charge < -0.3 is 0 Å². The quantitative estimate of drug-likeness (QED) is 0.639. The molecule has 0 aliphatic rings. The Bertz CT molecular complexity index is 606. The number of hydrogen-bond acceptors (Lipinski definition) is 1. The molecule has 0 aliphatic carbocycles. The average Bonchev–Trinajstić information content (AvgIpc) is 2.42. The first-order chi connectivity index (χ1) is 9.56. The lowest BCUT2D eigenvalue weighted by atomic mass is 10.0. The summed E-state index contributed by atoms with van der Waals surface area (Å²) in [5.41, 5.74) is 3.30. The van der Waals surface area contributed by atoms with E-state index in [1.54, 1.807) is 6.07 Å². The van der Waals surface area contributed by atoms with Crippen LogP contribution in [-0.4, -0.2) is 5.24 Å². The first kappa shape index (κ1) is 15.4. The summed E-state index contributed by atoms with van der Waals surface area (Å²) in [7, 11) is 0. The van der Waals surface area contributed by atoms with Gasteiger partial charge in [0, 0.05) is 6.42 Å². The van der Waals surface area contributed by atoms with Crippen molar-refractivity contribution in [1.82, 2.24) is 0 Å². The summed E-state index contributed by atoms with van der Waals surface area (Å²) in [5.74, 6) is 0. The van der Waals surface area contributed by atoms with E-state index >= 15 is 0 Å². The van der Waals surface area contributed by atoms with Crippen LogP contribution in [-0.2, 0) is 11.2 Å². The first-order valence-electron chi connectivity index (χ1n) is 6.29. The number of aryl methyl sites for hydroxylation is 1. The molecule has 0 amide bonds. The maximum atomic E-state index is 10.7. The molecule has 0 bridgehead atoms. The van der Waals surface area contributed by atoms with Gasteiger partial charge in [-0.3, -0.25) is 4.79 Å². The Hall–Kier alpha value is -1.02. The smallest absolute Gasteiger partial charge is 0.221 e. The molecule has 1 nitrogen and oxygen atoms in total. The minimum atomic E-state index is -0.280. The lowest BCUT2D eigenvalue weighted by Crippen LogP contribution is -1.90. The van der Waals surface area contributed by atoms with Crippen molar-refractivity contribution in [3.05, 3.63) is 58.1 Å². The van der Waals surface area contributed by atoms with E-state index in [2.05, 4.69) is 12.1 Å². The van der Waals surface area contributed by atoms with Crippen molar-refractivity contribution in [1.29, 1.82) is 0 Å². The summed E-state index contributed by atoms with van der Waals surface area (Å²) in [6.45, 7) is 0. The van der Waals surface area contributed by atoms with Gasteiger partial charge in [-0.05, 0) is 53.3 Å². The maximum Gasteiger partial charge on any atom is 0.221 e. The predicted octanol–water partition coefficient (Wildman–Crippen LogP) is 5.75. The second-order valence-corrected chi connectivity index (χ2v) is 5.77. The van der Waals surface area contributed by atoms with Crippen LogP contribution in [0.15, 0.2) is 42.5 Å². The summed E-state index contributed by atoms with van der Waals surface area (Å²) >= 11 is 17.2. The van der Waals surface area contributed by atoms with Crippen LogP contribution < -0.4 is 0 Å². The van der Waals surface area contributed by atoms with Gasteiger partial charge in [-0.15, -0.1) is 0 Å². The van der Waals surface area contributed by atoms with Gasteiger partial charge in [-0.25, -0.2) is 0 Å². The van der Waals surface area contributed by atoms with Crippen molar-refractivity contribution in [2.24, 2.45) is 0 Å². The monoisotopic (exact) mass is 326 g/mol. The molecule has 0 aromatic heterocycles. The number of hydrogen-bond donors (Lipinski definition) is 0. The van der Waals surface area contributed by atoms with Crippen LogP contribution in [0.25, 0.3) is 11.1 Å². The highest BCUT2D eigenvalue weighted by Gasteiger charge is 2.03. The van der Waals surface area contributed by atoms with Crippen molar-refractivity contribution in [2.45, 2.75) is 19.3 Å². The van der Waals surface area contributed by atoms with Gasteiger partial charge in [0.15, 0.2) is 0 Å². The van der Waals surface area contributed by atoms with Crippen molar-refractivity contribution in [3.8, 4) is 11.1 Å². The number of carbonyl (C=O) groups excluding carboxylic acids is 1. The van der Waals surface area contributed by atoms with E-state index < -0.39 is 0 Å². The van der Waals surface area contributed by atoms with E-state index in [-0.39, 0.29) is 5.24 Å². The normalized spacial score (nSPS) is 10.6. The van der Waals surface area contributed by atoms with Crippen LogP contribution >= 0.6 is 34.8 Å². The zero-order valence-electron chi connectivity index (χ0n) is 10.7. The van der Waals surface area contributed by atoms with Gasteiger partial charge >= 0.3 is 0 Å². The molecule has 0 spiro atoms. The zero-order chi connectivity index (χ0) is 14.5. The van der Waals surface area contributed by atoms with Crippen LogP contribution in [0.4, 0.5) is 0 Å². The summed E-state index contributed by atoms with van der Waals surface area (Å²) in [4.78, 5) is 10.7.